The number of ether oxygens (including phenoxy) is 1. The minimum Gasteiger partial charge on any atom is -0.494 e. The Labute approximate surface area is 287 Å². The van der Waals surface area contributed by atoms with Gasteiger partial charge in [0.1, 0.15) is 5.75 Å². The van der Waals surface area contributed by atoms with Gasteiger partial charge in [0.05, 0.1) is 12.2 Å². The van der Waals surface area contributed by atoms with E-state index in [-0.39, 0.29) is 17.6 Å². The quantitative estimate of drug-likeness (QED) is 0.0454. The molecule has 1 heterocycles. The van der Waals surface area contributed by atoms with E-state index in [0.29, 0.717) is 12.2 Å². The molecule has 0 unspecified atom stereocenters. The van der Waals surface area contributed by atoms with Gasteiger partial charge in [-0.05, 0) is 54.2 Å². The number of ketones is 1. The van der Waals surface area contributed by atoms with E-state index in [4.69, 9.17) is 4.74 Å². The lowest BCUT2D eigenvalue weighted by molar-refractivity contribution is -0.123. The third-order valence-electron chi connectivity index (χ3n) is 9.02. The highest BCUT2D eigenvalue weighted by Crippen LogP contribution is 2.22. The summed E-state index contributed by atoms with van der Waals surface area (Å²) in [7, 11) is 0. The zero-order valence-corrected chi connectivity index (χ0v) is 28.6. The summed E-state index contributed by atoms with van der Waals surface area (Å²) in [6, 6.07) is 25.4. The molecule has 1 aliphatic rings. The summed E-state index contributed by atoms with van der Waals surface area (Å²) in [5.74, 6) is 0.129. The molecule has 0 spiro atoms. The van der Waals surface area contributed by atoms with Crippen LogP contribution in [0.5, 0.6) is 5.75 Å². The van der Waals surface area contributed by atoms with E-state index in [0.717, 1.165) is 35.3 Å². The topological polar surface area (TPSA) is 72.5 Å². The lowest BCUT2D eigenvalue weighted by atomic mass is 10.0. The Kier molecular flexibility index (Phi) is 16.5. The van der Waals surface area contributed by atoms with Crippen LogP contribution in [0.25, 0.3) is 11.6 Å². The number of hydrogen-bond donors (Lipinski definition) is 1. The number of imide groups is 1. The maximum absolute atomic E-state index is 12.2. The molecule has 0 saturated heterocycles. The van der Waals surface area contributed by atoms with Crippen LogP contribution < -0.4 is 10.1 Å². The molecule has 0 fully saturated rings. The molecule has 1 aliphatic heterocycles. The molecule has 2 amide bonds. The maximum atomic E-state index is 12.2. The number of amides is 2. The van der Waals surface area contributed by atoms with Crippen LogP contribution in [-0.2, 0) is 16.0 Å². The Morgan fingerprint density at radius 2 is 1.15 bits per heavy atom. The van der Waals surface area contributed by atoms with Crippen molar-refractivity contribution in [1.29, 1.82) is 0 Å². The normalized spacial score (nSPS) is 12.8. The van der Waals surface area contributed by atoms with E-state index in [1.54, 1.807) is 6.08 Å². The van der Waals surface area contributed by atoms with E-state index in [1.807, 2.05) is 60.7 Å². The standard InChI is InChI=1S/C43H53NO4/c45-41(38-21-17-15-18-22-38)32-27-36-25-23-35(24-26-36)20-16-13-11-9-7-5-3-1-2-4-6-8-10-12-14-19-33-48-39-30-28-37(29-31-39)40-34-42(46)44-43(40)47/h15,17-18,21-32,34H,1-14,16,19-20,33H2,(H,44,46,47). The molecule has 5 heteroatoms. The molecule has 0 saturated carbocycles. The van der Waals surface area contributed by atoms with E-state index in [2.05, 4.69) is 29.6 Å². The lowest BCUT2D eigenvalue weighted by Gasteiger charge is -2.07. The molecule has 254 valence electrons. The summed E-state index contributed by atoms with van der Waals surface area (Å²) in [4.78, 5) is 35.3. The average Bonchev–Trinajstić information content (AvgIpc) is 3.46. The SMILES string of the molecule is O=C1C=C(c2ccc(OCCCCCCCCCCCCCCCCCCc3ccc(C=CC(=O)c4ccccc4)cc3)cc2)C(=O)N1. The fourth-order valence-electron chi connectivity index (χ4n) is 6.12. The van der Waals surface area contributed by atoms with Gasteiger partial charge < -0.3 is 4.74 Å². The monoisotopic (exact) mass is 647 g/mol. The molecule has 3 aromatic carbocycles. The Morgan fingerprint density at radius 1 is 0.604 bits per heavy atom. The van der Waals surface area contributed by atoms with Crippen LogP contribution >= 0.6 is 0 Å². The van der Waals surface area contributed by atoms with Gasteiger partial charge >= 0.3 is 0 Å². The number of carbonyl (C=O) groups is 3. The van der Waals surface area contributed by atoms with E-state index in [9.17, 15) is 14.4 Å². The Bertz CT molecular complexity index is 1450. The summed E-state index contributed by atoms with van der Waals surface area (Å²) in [5, 5.41) is 2.27. The molecule has 5 nitrogen and oxygen atoms in total. The predicted octanol–water partition coefficient (Wildman–Crippen LogP) is 10.5. The number of rotatable bonds is 24. The molecule has 4 rings (SSSR count). The maximum Gasteiger partial charge on any atom is 0.258 e. The summed E-state index contributed by atoms with van der Waals surface area (Å²) in [6.07, 6.45) is 27.1. The first-order valence-corrected chi connectivity index (χ1v) is 18.3. The number of benzene rings is 3. The van der Waals surface area contributed by atoms with Crippen LogP contribution in [0.4, 0.5) is 0 Å². The van der Waals surface area contributed by atoms with Crippen molar-refractivity contribution in [3.63, 3.8) is 0 Å². The smallest absolute Gasteiger partial charge is 0.258 e. The van der Waals surface area contributed by atoms with Crippen molar-refractivity contribution in [3.05, 3.63) is 113 Å². The van der Waals surface area contributed by atoms with Crippen LogP contribution in [-0.4, -0.2) is 24.2 Å². The first kappa shape index (κ1) is 36.6. The zero-order chi connectivity index (χ0) is 33.7. The summed E-state index contributed by atoms with van der Waals surface area (Å²) >= 11 is 0. The molecule has 1 N–H and O–H groups in total. The molecule has 0 atom stereocenters. The highest BCUT2D eigenvalue weighted by atomic mass is 16.5. The van der Waals surface area contributed by atoms with Crippen molar-refractivity contribution in [2.75, 3.05) is 6.61 Å². The molecule has 0 radical (unpaired) electrons. The van der Waals surface area contributed by atoms with Crippen LogP contribution in [0.15, 0.2) is 91.0 Å². The van der Waals surface area contributed by atoms with Gasteiger partial charge in [-0.2, -0.15) is 0 Å². The van der Waals surface area contributed by atoms with E-state index >= 15 is 0 Å². The van der Waals surface area contributed by atoms with Crippen LogP contribution in [0.3, 0.4) is 0 Å². The van der Waals surface area contributed by atoms with Gasteiger partial charge in [0.25, 0.3) is 11.8 Å². The van der Waals surface area contributed by atoms with Gasteiger partial charge in [-0.1, -0.05) is 163 Å². The van der Waals surface area contributed by atoms with Gasteiger partial charge in [-0.25, -0.2) is 0 Å². The molecule has 0 bridgehead atoms. The first-order valence-electron chi connectivity index (χ1n) is 18.3. The number of nitrogens with one attached hydrogen (secondary N) is 1. The number of hydrogen-bond acceptors (Lipinski definition) is 4. The Hall–Kier alpha value is -4.25. The zero-order valence-electron chi connectivity index (χ0n) is 28.6. The molecular weight excluding hydrogens is 594 g/mol. The third kappa shape index (κ3) is 13.9. The number of unbranched alkanes of at least 4 members (excludes halogenated alkanes) is 15. The van der Waals surface area contributed by atoms with Gasteiger partial charge in [-0.3, -0.25) is 19.7 Å². The number of carbonyl (C=O) groups excluding carboxylic acids is 3. The summed E-state index contributed by atoms with van der Waals surface area (Å²) in [6.45, 7) is 0.704. The minimum atomic E-state index is -0.360. The van der Waals surface area contributed by atoms with Crippen molar-refractivity contribution in [3.8, 4) is 5.75 Å². The predicted molar refractivity (Wildman–Crippen MR) is 197 cm³/mol. The van der Waals surface area contributed by atoms with Crippen LogP contribution in [0, 0.1) is 0 Å². The van der Waals surface area contributed by atoms with Crippen LogP contribution in [0.2, 0.25) is 0 Å². The van der Waals surface area contributed by atoms with Crippen LogP contribution in [0.1, 0.15) is 130 Å². The Balaban J connectivity index is 0.878. The van der Waals surface area contributed by atoms with Gasteiger partial charge in [-0.15, -0.1) is 0 Å². The van der Waals surface area contributed by atoms with Gasteiger partial charge in [0.15, 0.2) is 5.78 Å². The largest absolute Gasteiger partial charge is 0.494 e. The fraction of sp³-hybridized carbons (Fsp3) is 0.419. The van der Waals surface area contributed by atoms with Crippen molar-refractivity contribution < 1.29 is 19.1 Å². The minimum absolute atomic E-state index is 0.0394. The van der Waals surface area contributed by atoms with Gasteiger partial charge in [0.2, 0.25) is 0 Å². The first-order chi connectivity index (χ1) is 23.6. The van der Waals surface area contributed by atoms with Crippen molar-refractivity contribution in [2.45, 2.75) is 109 Å². The van der Waals surface area contributed by atoms with Crippen molar-refractivity contribution >= 4 is 29.2 Å². The lowest BCUT2D eigenvalue weighted by Crippen LogP contribution is -2.21. The molecular formula is C43H53NO4. The van der Waals surface area contributed by atoms with Crippen molar-refractivity contribution in [2.24, 2.45) is 0 Å². The summed E-state index contributed by atoms with van der Waals surface area (Å²) < 4.78 is 5.84. The molecule has 0 aromatic heterocycles. The van der Waals surface area contributed by atoms with E-state index in [1.165, 1.54) is 108 Å². The second kappa shape index (κ2) is 21.6. The Morgan fingerprint density at radius 3 is 1.69 bits per heavy atom. The summed E-state index contributed by atoms with van der Waals surface area (Å²) in [5.41, 5.74) is 4.30. The van der Waals surface area contributed by atoms with Crippen molar-refractivity contribution in [1.82, 2.24) is 5.32 Å². The second-order valence-corrected chi connectivity index (χ2v) is 13.0. The second-order valence-electron chi connectivity index (χ2n) is 13.0. The fourth-order valence-corrected chi connectivity index (χ4v) is 6.12. The van der Waals surface area contributed by atoms with E-state index < -0.39 is 0 Å². The average molecular weight is 648 g/mol. The third-order valence-corrected chi connectivity index (χ3v) is 9.02. The highest BCUT2D eigenvalue weighted by Gasteiger charge is 2.21. The molecule has 48 heavy (non-hydrogen) atoms. The number of allylic oxidation sites excluding steroid dienone is 1. The molecule has 3 aromatic rings. The van der Waals surface area contributed by atoms with Gasteiger partial charge in [0, 0.05) is 11.6 Å². The number of aryl methyl sites for hydroxylation is 1. The highest BCUT2D eigenvalue weighted by molar-refractivity contribution is 6.33. The molecule has 0 aliphatic carbocycles.